The Morgan fingerprint density at radius 2 is 0.804 bits per heavy atom. The number of hydrogen-bond donors (Lipinski definition) is 0. The molecule has 0 fully saturated rings. The van der Waals surface area contributed by atoms with Crippen LogP contribution in [0.15, 0.2) is 203 Å². The molecule has 8 aromatic carbocycles. The van der Waals surface area contributed by atoms with E-state index in [1.807, 2.05) is 115 Å². The van der Waals surface area contributed by atoms with E-state index in [0.717, 1.165) is 66.1 Å². The maximum absolute atomic E-state index is 9.29. The van der Waals surface area contributed by atoms with E-state index in [-0.39, 0.29) is 17.1 Å². The second-order valence-corrected chi connectivity index (χ2v) is 13.5. The van der Waals surface area contributed by atoms with Crippen LogP contribution in [-0.2, 0) is 0 Å². The van der Waals surface area contributed by atoms with Crippen LogP contribution in [0, 0.1) is 0 Å². The van der Waals surface area contributed by atoms with Crippen LogP contribution in [0.25, 0.3) is 111 Å². The number of aromatic nitrogens is 2. The van der Waals surface area contributed by atoms with Gasteiger partial charge in [0, 0.05) is 38.2 Å². The maximum atomic E-state index is 9.29. The Kier molecular flexibility index (Phi) is 5.60. The van der Waals surface area contributed by atoms with Crippen molar-refractivity contribution in [1.82, 2.24) is 9.97 Å². The summed E-state index contributed by atoms with van der Waals surface area (Å²) in [6.07, 6.45) is 0. The van der Waals surface area contributed by atoms with Crippen LogP contribution in [0.4, 0.5) is 0 Å². The lowest BCUT2D eigenvalue weighted by molar-refractivity contribution is 0.668. The number of hydrogen-bond acceptors (Lipinski definition) is 4. The molecule has 4 nitrogen and oxygen atoms in total. The van der Waals surface area contributed by atoms with Crippen LogP contribution in [0.2, 0.25) is 0 Å². The molecule has 0 saturated carbocycles. The molecular weight excluding hydrogens is 685 g/mol. The summed E-state index contributed by atoms with van der Waals surface area (Å²) in [6, 6.07) is 39.7. The van der Waals surface area contributed by atoms with Gasteiger partial charge in [0.15, 0.2) is 5.82 Å². The molecule has 0 unspecified atom stereocenters. The summed E-state index contributed by atoms with van der Waals surface area (Å²) in [5, 5.41) is 3.90. The van der Waals surface area contributed by atoms with E-state index >= 15 is 0 Å². The van der Waals surface area contributed by atoms with E-state index in [9.17, 15) is 2.74 Å². The summed E-state index contributed by atoms with van der Waals surface area (Å²) in [4.78, 5) is 9.95. The summed E-state index contributed by atoms with van der Waals surface area (Å²) >= 11 is 0. The number of fused-ring (bicyclic) bond motifs is 6. The van der Waals surface area contributed by atoms with Gasteiger partial charge in [0.2, 0.25) is 0 Å². The van der Waals surface area contributed by atoms with E-state index < -0.39 is 65.5 Å². The first-order chi connectivity index (χ1) is 31.4. The highest BCUT2D eigenvalue weighted by molar-refractivity contribution is 6.07. The number of furan rings is 2. The molecule has 3 aromatic heterocycles. The molecule has 0 saturated heterocycles. The van der Waals surface area contributed by atoms with Crippen molar-refractivity contribution in [2.45, 2.75) is 0 Å². The zero-order valence-corrected chi connectivity index (χ0v) is 29.5. The van der Waals surface area contributed by atoms with Crippen molar-refractivity contribution < 1.29 is 21.2 Å². The zero-order valence-electron chi connectivity index (χ0n) is 38.5. The third kappa shape index (κ3) is 5.64. The average Bonchev–Trinajstić information content (AvgIpc) is 3.91. The van der Waals surface area contributed by atoms with Crippen LogP contribution in [-0.4, -0.2) is 9.97 Å². The Balaban J connectivity index is 1.15. The molecule has 0 aliphatic carbocycles. The van der Waals surface area contributed by atoms with Crippen molar-refractivity contribution in [2.75, 3.05) is 0 Å². The van der Waals surface area contributed by atoms with Crippen LogP contribution in [0.1, 0.15) is 12.3 Å². The van der Waals surface area contributed by atoms with Crippen LogP contribution in [0.5, 0.6) is 0 Å². The second-order valence-electron chi connectivity index (χ2n) is 13.5. The fraction of sp³-hybridized carbons (Fsp3) is 0. The zero-order chi connectivity index (χ0) is 44.8. The summed E-state index contributed by atoms with van der Waals surface area (Å²) in [5.74, 6) is 0.272. The highest BCUT2D eigenvalue weighted by atomic mass is 16.3. The topological polar surface area (TPSA) is 52.1 Å². The maximum Gasteiger partial charge on any atom is 0.160 e. The minimum Gasteiger partial charge on any atom is -0.456 e. The van der Waals surface area contributed by atoms with Crippen molar-refractivity contribution in [1.29, 1.82) is 0 Å². The highest BCUT2D eigenvalue weighted by Crippen LogP contribution is 2.39. The van der Waals surface area contributed by atoms with Gasteiger partial charge >= 0.3 is 0 Å². The van der Waals surface area contributed by atoms with E-state index in [4.69, 9.17) is 28.4 Å². The second kappa shape index (κ2) is 13.1. The first-order valence-electron chi connectivity index (χ1n) is 22.6. The predicted octanol–water partition coefficient (Wildman–Crippen LogP) is 14.3. The molecule has 0 spiro atoms. The monoisotopic (exact) mass is 725 g/mol. The standard InChI is InChI=1S/C52H32N2O2/c1-3-11-33(12-4-1)34-19-21-35(22-20-34)46-32-47(54-52(53-46)36-13-5-2-6-14-36)41-28-39(37-23-25-50-44(30-37)42-15-7-9-17-48(42)55-50)27-40(29-41)38-24-26-51-45(31-38)43-16-8-10-18-49(43)56-51/h1-32H/i1D,3D,4D,11D,12D,19D,20D,21D,22D. The lowest BCUT2D eigenvalue weighted by Gasteiger charge is -2.14. The third-order valence-electron chi connectivity index (χ3n) is 10.0. The molecule has 262 valence electrons. The van der Waals surface area contributed by atoms with Gasteiger partial charge in [0.05, 0.1) is 23.7 Å². The molecule has 0 amide bonds. The quantitative estimate of drug-likeness (QED) is 0.171. The Hall–Kier alpha value is -7.56. The van der Waals surface area contributed by atoms with Gasteiger partial charge in [-0.05, 0) is 94.0 Å². The van der Waals surface area contributed by atoms with Crippen LogP contribution in [0.3, 0.4) is 0 Å². The molecule has 0 aliphatic rings. The highest BCUT2D eigenvalue weighted by Gasteiger charge is 2.16. The summed E-state index contributed by atoms with van der Waals surface area (Å²) < 4.78 is 90.9. The van der Waals surface area contributed by atoms with Gasteiger partial charge in [0.25, 0.3) is 0 Å². The normalized spacial score (nSPS) is 13.8. The fourth-order valence-corrected chi connectivity index (χ4v) is 7.30. The smallest absolute Gasteiger partial charge is 0.160 e. The summed E-state index contributed by atoms with van der Waals surface area (Å²) in [6.45, 7) is 0. The Morgan fingerprint density at radius 3 is 1.41 bits per heavy atom. The van der Waals surface area contributed by atoms with E-state index in [1.54, 1.807) is 6.07 Å². The van der Waals surface area contributed by atoms with Crippen LogP contribution < -0.4 is 0 Å². The van der Waals surface area contributed by atoms with Gasteiger partial charge in [-0.2, -0.15) is 0 Å². The third-order valence-corrected chi connectivity index (χ3v) is 10.0. The van der Waals surface area contributed by atoms with Gasteiger partial charge in [-0.3, -0.25) is 0 Å². The SMILES string of the molecule is [2H]c1c([2H])c([2H])c(-c2c([2H])c([2H])c(-c3cc(-c4cc(-c5ccc6oc7ccccc7c6c5)cc(-c5ccc6oc7ccccc7c6c5)c4)nc(-c4ccccc4)n3)c([2H])c2[2H])c([2H])c1[2H]. The van der Waals surface area contributed by atoms with Crippen molar-refractivity contribution in [3.8, 4) is 67.3 Å². The Bertz CT molecular complexity index is 3600. The predicted molar refractivity (Wildman–Crippen MR) is 229 cm³/mol. The molecular formula is C52H32N2O2. The number of rotatable bonds is 6. The Labute approximate surface area is 335 Å². The summed E-state index contributed by atoms with van der Waals surface area (Å²) in [7, 11) is 0. The minimum atomic E-state index is -0.646. The first-order valence-corrected chi connectivity index (χ1v) is 18.1. The molecule has 11 rings (SSSR count). The van der Waals surface area contributed by atoms with E-state index in [1.165, 1.54) is 0 Å². The van der Waals surface area contributed by atoms with Crippen molar-refractivity contribution in [3.05, 3.63) is 194 Å². The lowest BCUT2D eigenvalue weighted by Crippen LogP contribution is -1.96. The molecule has 0 radical (unpaired) electrons. The first kappa shape index (κ1) is 24.0. The molecule has 3 heterocycles. The largest absolute Gasteiger partial charge is 0.456 e. The minimum absolute atomic E-state index is 0.1000. The lowest BCUT2D eigenvalue weighted by atomic mass is 9.93. The van der Waals surface area contributed by atoms with Crippen molar-refractivity contribution in [3.63, 3.8) is 0 Å². The van der Waals surface area contributed by atoms with E-state index in [0.29, 0.717) is 16.8 Å². The van der Waals surface area contributed by atoms with Gasteiger partial charge in [-0.25, -0.2) is 9.97 Å². The molecule has 0 bridgehead atoms. The molecule has 56 heavy (non-hydrogen) atoms. The van der Waals surface area contributed by atoms with Gasteiger partial charge in [0.1, 0.15) is 22.3 Å². The van der Waals surface area contributed by atoms with Gasteiger partial charge < -0.3 is 8.83 Å². The van der Waals surface area contributed by atoms with Crippen molar-refractivity contribution >= 4 is 43.9 Å². The molecule has 0 aliphatic heterocycles. The molecule has 11 aromatic rings. The molecule has 0 atom stereocenters. The average molecular weight is 726 g/mol. The number of nitrogens with zero attached hydrogens (tertiary/aromatic N) is 2. The van der Waals surface area contributed by atoms with Crippen molar-refractivity contribution in [2.24, 2.45) is 0 Å². The van der Waals surface area contributed by atoms with Crippen LogP contribution >= 0.6 is 0 Å². The number of para-hydroxylation sites is 2. The molecule has 0 N–H and O–H groups in total. The fourth-order valence-electron chi connectivity index (χ4n) is 7.30. The molecule has 4 heteroatoms. The number of benzene rings is 8. The van der Waals surface area contributed by atoms with Gasteiger partial charge in [-0.1, -0.05) is 133 Å². The van der Waals surface area contributed by atoms with Gasteiger partial charge in [-0.15, -0.1) is 0 Å². The Morgan fingerprint density at radius 1 is 0.321 bits per heavy atom. The summed E-state index contributed by atoms with van der Waals surface area (Å²) in [5.41, 5.74) is 7.57. The van der Waals surface area contributed by atoms with E-state index in [2.05, 4.69) is 18.2 Å².